The summed E-state index contributed by atoms with van der Waals surface area (Å²) in [5.74, 6) is 1.50. The summed E-state index contributed by atoms with van der Waals surface area (Å²) in [6.07, 6.45) is 4.05. The lowest BCUT2D eigenvalue weighted by atomic mass is 9.83. The van der Waals surface area contributed by atoms with Crippen LogP contribution in [0.4, 0.5) is 17.1 Å². The molecular formula is C38H29Br2N. The van der Waals surface area contributed by atoms with Gasteiger partial charge in [0.05, 0.1) is 5.69 Å². The van der Waals surface area contributed by atoms with E-state index in [0.29, 0.717) is 0 Å². The van der Waals surface area contributed by atoms with E-state index in [1.165, 1.54) is 63.2 Å². The predicted octanol–water partition coefficient (Wildman–Crippen LogP) is 12.3. The molecule has 0 saturated heterocycles. The van der Waals surface area contributed by atoms with Gasteiger partial charge in [0.1, 0.15) is 0 Å². The van der Waals surface area contributed by atoms with Gasteiger partial charge in [0.2, 0.25) is 0 Å². The lowest BCUT2D eigenvalue weighted by molar-refractivity contribution is 0.714. The van der Waals surface area contributed by atoms with Gasteiger partial charge in [0.15, 0.2) is 0 Å². The van der Waals surface area contributed by atoms with Crippen LogP contribution in [0, 0.1) is 6.92 Å². The summed E-state index contributed by atoms with van der Waals surface area (Å²) >= 11 is 7.29. The number of nitrogens with zero attached hydrogens (tertiary/aromatic N) is 1. The minimum atomic E-state index is 0.732. The van der Waals surface area contributed by atoms with Crippen molar-refractivity contribution in [3.63, 3.8) is 0 Å². The average Bonchev–Trinajstić information content (AvgIpc) is 3.62. The van der Waals surface area contributed by atoms with Crippen LogP contribution in [0.15, 0.2) is 118 Å². The molecule has 3 heteroatoms. The van der Waals surface area contributed by atoms with Crippen molar-refractivity contribution in [2.75, 3.05) is 4.90 Å². The molecule has 1 saturated carbocycles. The van der Waals surface area contributed by atoms with E-state index >= 15 is 0 Å². The molecule has 6 aromatic rings. The minimum absolute atomic E-state index is 0.732. The Morgan fingerprint density at radius 1 is 0.610 bits per heavy atom. The molecule has 1 nitrogen and oxygen atoms in total. The van der Waals surface area contributed by atoms with Crippen molar-refractivity contribution >= 4 is 70.5 Å². The molecule has 8 rings (SSSR count). The Bertz CT molecular complexity index is 1850. The van der Waals surface area contributed by atoms with E-state index in [1.54, 1.807) is 11.1 Å². The lowest BCUT2D eigenvalue weighted by Gasteiger charge is -2.30. The molecule has 0 heterocycles. The summed E-state index contributed by atoms with van der Waals surface area (Å²) in [5.41, 5.74) is 10.9. The van der Waals surface area contributed by atoms with Crippen molar-refractivity contribution < 1.29 is 0 Å². The first-order valence-corrected chi connectivity index (χ1v) is 16.0. The molecule has 6 aromatic carbocycles. The molecule has 200 valence electrons. The first-order valence-electron chi connectivity index (χ1n) is 14.5. The maximum atomic E-state index is 3.65. The third kappa shape index (κ3) is 4.08. The maximum absolute atomic E-state index is 3.65. The van der Waals surface area contributed by atoms with Gasteiger partial charge in [-0.1, -0.05) is 92.5 Å². The van der Waals surface area contributed by atoms with Crippen molar-refractivity contribution in [3.8, 4) is 11.1 Å². The molecule has 2 aliphatic carbocycles. The van der Waals surface area contributed by atoms with Crippen LogP contribution in [0.1, 0.15) is 47.8 Å². The highest BCUT2D eigenvalue weighted by molar-refractivity contribution is 9.10. The molecule has 2 bridgehead atoms. The van der Waals surface area contributed by atoms with Gasteiger partial charge in [0, 0.05) is 31.1 Å². The third-order valence-electron chi connectivity index (χ3n) is 9.28. The second kappa shape index (κ2) is 9.86. The van der Waals surface area contributed by atoms with E-state index in [0.717, 1.165) is 32.2 Å². The molecule has 2 atom stereocenters. The molecule has 0 radical (unpaired) electrons. The van der Waals surface area contributed by atoms with E-state index in [9.17, 15) is 0 Å². The van der Waals surface area contributed by atoms with Crippen LogP contribution in [0.2, 0.25) is 0 Å². The van der Waals surface area contributed by atoms with Crippen molar-refractivity contribution in [3.05, 3.63) is 135 Å². The first-order chi connectivity index (χ1) is 20.1. The molecule has 41 heavy (non-hydrogen) atoms. The topological polar surface area (TPSA) is 3.24 Å². The van der Waals surface area contributed by atoms with Crippen LogP contribution < -0.4 is 4.90 Å². The highest BCUT2D eigenvalue weighted by Crippen LogP contribution is 2.56. The summed E-state index contributed by atoms with van der Waals surface area (Å²) in [6, 6.07) is 40.3. The number of halogens is 2. The van der Waals surface area contributed by atoms with Crippen molar-refractivity contribution in [1.82, 2.24) is 0 Å². The summed E-state index contributed by atoms with van der Waals surface area (Å²) in [5, 5.41) is 5.10. The highest BCUT2D eigenvalue weighted by atomic mass is 79.9. The molecule has 0 aliphatic heterocycles. The highest BCUT2D eigenvalue weighted by Gasteiger charge is 2.38. The van der Waals surface area contributed by atoms with Crippen LogP contribution in [-0.2, 0) is 0 Å². The Morgan fingerprint density at radius 2 is 1.12 bits per heavy atom. The van der Waals surface area contributed by atoms with Crippen molar-refractivity contribution in [2.24, 2.45) is 0 Å². The number of hydrogen-bond donors (Lipinski definition) is 0. The molecule has 1 fully saturated rings. The molecule has 0 aromatic heterocycles. The number of anilines is 3. The summed E-state index contributed by atoms with van der Waals surface area (Å²) in [4.78, 5) is 2.42. The number of fused-ring (bicyclic) bond motifs is 7. The fourth-order valence-corrected chi connectivity index (χ4v) is 8.17. The van der Waals surface area contributed by atoms with Crippen LogP contribution in [0.25, 0.3) is 32.7 Å². The lowest BCUT2D eigenvalue weighted by Crippen LogP contribution is -2.11. The van der Waals surface area contributed by atoms with Gasteiger partial charge in [-0.25, -0.2) is 0 Å². The Balaban J connectivity index is 1.46. The zero-order chi connectivity index (χ0) is 27.7. The van der Waals surface area contributed by atoms with Gasteiger partial charge in [-0.05, 0) is 125 Å². The second-order valence-electron chi connectivity index (χ2n) is 11.6. The smallest absolute Gasteiger partial charge is 0.0618 e. The minimum Gasteiger partial charge on any atom is -0.309 e. The Hall–Kier alpha value is -3.40. The Labute approximate surface area is 258 Å². The molecule has 0 amide bonds. The monoisotopic (exact) mass is 657 g/mol. The average molecular weight is 659 g/mol. The predicted molar refractivity (Wildman–Crippen MR) is 181 cm³/mol. The first kappa shape index (κ1) is 25.3. The van der Waals surface area contributed by atoms with E-state index in [4.69, 9.17) is 0 Å². The fourth-order valence-electron chi connectivity index (χ4n) is 7.64. The van der Waals surface area contributed by atoms with Crippen LogP contribution in [-0.4, -0.2) is 0 Å². The molecule has 2 aliphatic rings. The van der Waals surface area contributed by atoms with Crippen LogP contribution in [0.3, 0.4) is 0 Å². The third-order valence-corrected chi connectivity index (χ3v) is 10.3. The van der Waals surface area contributed by atoms with Crippen LogP contribution >= 0.6 is 31.9 Å². The van der Waals surface area contributed by atoms with E-state index in [-0.39, 0.29) is 0 Å². The summed E-state index contributed by atoms with van der Waals surface area (Å²) < 4.78 is 2.14. The zero-order valence-corrected chi connectivity index (χ0v) is 26.0. The van der Waals surface area contributed by atoms with Gasteiger partial charge in [-0.3, -0.25) is 0 Å². The summed E-state index contributed by atoms with van der Waals surface area (Å²) in [6.45, 7) is 2.34. The van der Waals surface area contributed by atoms with Crippen LogP contribution in [0.5, 0.6) is 0 Å². The molecular weight excluding hydrogens is 630 g/mol. The van der Waals surface area contributed by atoms with E-state index in [2.05, 4.69) is 153 Å². The Morgan fingerprint density at radius 3 is 1.68 bits per heavy atom. The number of aryl methyl sites for hydroxylation is 1. The SMILES string of the molecule is Cc1cc(-c2c3ccccc3c(N(c3ccc(Br)cc3)c3ccc(Br)cc3)c3ccccc23)cc2c1C1CCC2C1. The van der Waals surface area contributed by atoms with Gasteiger partial charge in [0.25, 0.3) is 0 Å². The number of benzene rings is 6. The number of rotatable bonds is 4. The normalized spacial score (nSPS) is 17.3. The standard InChI is InChI=1S/C38H29Br2N/c1-23-20-26(22-35-24-10-11-25(21-24)36(23)35)37-31-6-2-4-8-33(31)38(34-9-5-3-7-32(34)37)41(29-16-12-27(39)13-17-29)30-18-14-28(40)15-19-30/h2-9,12-20,22,24-25H,10-11,21H2,1H3. The maximum Gasteiger partial charge on any atom is 0.0618 e. The van der Waals surface area contributed by atoms with Crippen molar-refractivity contribution in [2.45, 2.75) is 38.0 Å². The Kier molecular flexibility index (Phi) is 6.09. The fraction of sp³-hybridized carbons (Fsp3) is 0.158. The number of hydrogen-bond acceptors (Lipinski definition) is 1. The van der Waals surface area contributed by atoms with Gasteiger partial charge in [-0.2, -0.15) is 0 Å². The summed E-state index contributed by atoms with van der Waals surface area (Å²) in [7, 11) is 0. The molecule has 0 N–H and O–H groups in total. The molecule has 0 spiro atoms. The largest absolute Gasteiger partial charge is 0.309 e. The van der Waals surface area contributed by atoms with Gasteiger partial charge >= 0.3 is 0 Å². The quantitative estimate of drug-likeness (QED) is 0.170. The second-order valence-corrected chi connectivity index (χ2v) is 13.4. The van der Waals surface area contributed by atoms with Gasteiger partial charge < -0.3 is 4.90 Å². The zero-order valence-electron chi connectivity index (χ0n) is 22.9. The van der Waals surface area contributed by atoms with Gasteiger partial charge in [-0.15, -0.1) is 0 Å². The molecule has 2 unspecified atom stereocenters. The van der Waals surface area contributed by atoms with Crippen molar-refractivity contribution in [1.29, 1.82) is 0 Å². The van der Waals surface area contributed by atoms with E-state index < -0.39 is 0 Å². The van der Waals surface area contributed by atoms with E-state index in [1.807, 2.05) is 0 Å².